The van der Waals surface area contributed by atoms with Crippen molar-refractivity contribution in [1.29, 1.82) is 0 Å². The summed E-state index contributed by atoms with van der Waals surface area (Å²) >= 11 is 3.44. The number of hydrogen-bond acceptors (Lipinski definition) is 2. The summed E-state index contributed by atoms with van der Waals surface area (Å²) in [5.41, 5.74) is 0.719. The first-order valence-electron chi connectivity index (χ1n) is 7.19. The number of carbonyl (C=O) groups excluding carboxylic acids is 1. The van der Waals surface area contributed by atoms with Crippen molar-refractivity contribution in [2.24, 2.45) is 5.92 Å². The molecule has 1 aliphatic rings. The molecule has 0 aromatic carbocycles. The quantitative estimate of drug-likeness (QED) is 0.712. The molecular formula is C15H23BrN2O2. The monoisotopic (exact) mass is 342 g/mol. The molecule has 0 N–H and O–H groups in total. The third-order valence-corrected chi connectivity index (χ3v) is 3.99. The number of carbonyl (C=O) groups is 1. The van der Waals surface area contributed by atoms with Crippen molar-refractivity contribution in [2.75, 3.05) is 26.8 Å². The number of likely N-dealkylation sites (N-methyl/N-ethyl adjacent to an activating group) is 1. The number of nitrogens with zero attached hydrogens (tertiary/aromatic N) is 2. The topological polar surface area (TPSA) is 34.5 Å². The molecule has 0 bridgehead atoms. The highest BCUT2D eigenvalue weighted by Gasteiger charge is 2.22. The van der Waals surface area contributed by atoms with Gasteiger partial charge in [-0.25, -0.2) is 0 Å². The Kier molecular flexibility index (Phi) is 5.27. The van der Waals surface area contributed by atoms with E-state index in [1.54, 1.807) is 4.90 Å². The lowest BCUT2D eigenvalue weighted by molar-refractivity contribution is 0.0670. The maximum absolute atomic E-state index is 12.5. The molecule has 1 aromatic rings. The second-order valence-electron chi connectivity index (χ2n) is 5.79. The van der Waals surface area contributed by atoms with Crippen LogP contribution in [0.15, 0.2) is 16.7 Å². The minimum Gasteiger partial charge on any atom is -0.379 e. The molecule has 1 aliphatic carbocycles. The van der Waals surface area contributed by atoms with Gasteiger partial charge in [-0.05, 0) is 54.6 Å². The lowest BCUT2D eigenvalue weighted by atomic mass is 10.3. The van der Waals surface area contributed by atoms with E-state index in [1.165, 1.54) is 12.8 Å². The van der Waals surface area contributed by atoms with Gasteiger partial charge in [0.1, 0.15) is 5.69 Å². The first-order valence-corrected chi connectivity index (χ1v) is 7.99. The van der Waals surface area contributed by atoms with Crippen LogP contribution in [0, 0.1) is 5.92 Å². The average molecular weight is 343 g/mol. The highest BCUT2D eigenvalue weighted by molar-refractivity contribution is 9.10. The molecule has 5 heteroatoms. The van der Waals surface area contributed by atoms with Gasteiger partial charge in [-0.2, -0.15) is 0 Å². The van der Waals surface area contributed by atoms with Crippen LogP contribution >= 0.6 is 15.9 Å². The van der Waals surface area contributed by atoms with Gasteiger partial charge < -0.3 is 14.2 Å². The van der Waals surface area contributed by atoms with E-state index in [4.69, 9.17) is 4.74 Å². The molecule has 20 heavy (non-hydrogen) atoms. The van der Waals surface area contributed by atoms with Crippen molar-refractivity contribution in [3.8, 4) is 0 Å². The van der Waals surface area contributed by atoms with E-state index in [1.807, 2.05) is 23.9 Å². The number of ether oxygens (including phenoxy) is 1. The molecule has 1 saturated carbocycles. The van der Waals surface area contributed by atoms with E-state index in [0.717, 1.165) is 22.7 Å². The predicted octanol–water partition coefficient (Wildman–Crippen LogP) is 3.33. The minimum atomic E-state index is 0.0411. The number of amides is 1. The molecule has 0 aliphatic heterocycles. The number of halogens is 1. The number of aromatic nitrogens is 1. The summed E-state index contributed by atoms with van der Waals surface area (Å²) in [6.07, 6.45) is 4.55. The molecule has 0 unspecified atom stereocenters. The van der Waals surface area contributed by atoms with Gasteiger partial charge in [-0.3, -0.25) is 4.79 Å². The normalized spacial score (nSPS) is 14.8. The van der Waals surface area contributed by atoms with Gasteiger partial charge in [0.05, 0.1) is 6.61 Å². The Morgan fingerprint density at radius 1 is 1.55 bits per heavy atom. The van der Waals surface area contributed by atoms with E-state index in [0.29, 0.717) is 13.2 Å². The Hall–Kier alpha value is -0.810. The Labute approximate surface area is 129 Å². The molecule has 0 atom stereocenters. The van der Waals surface area contributed by atoms with Crippen LogP contribution in [-0.2, 0) is 4.74 Å². The zero-order valence-electron chi connectivity index (χ0n) is 12.4. The summed E-state index contributed by atoms with van der Waals surface area (Å²) in [6, 6.07) is 2.14. The fourth-order valence-electron chi connectivity index (χ4n) is 2.08. The average Bonchev–Trinajstić information content (AvgIpc) is 3.14. The second-order valence-corrected chi connectivity index (χ2v) is 6.71. The van der Waals surface area contributed by atoms with Crippen LogP contribution in [0.5, 0.6) is 0 Å². The third-order valence-electron chi connectivity index (χ3n) is 3.56. The van der Waals surface area contributed by atoms with Gasteiger partial charge in [0.15, 0.2) is 0 Å². The molecule has 4 nitrogen and oxygen atoms in total. The largest absolute Gasteiger partial charge is 0.379 e. The minimum absolute atomic E-state index is 0.0411. The van der Waals surface area contributed by atoms with E-state index < -0.39 is 0 Å². The number of hydrogen-bond donors (Lipinski definition) is 0. The summed E-state index contributed by atoms with van der Waals surface area (Å²) < 4.78 is 8.52. The summed E-state index contributed by atoms with van der Waals surface area (Å²) in [4.78, 5) is 14.2. The van der Waals surface area contributed by atoms with Crippen molar-refractivity contribution < 1.29 is 9.53 Å². The molecule has 112 valence electrons. The van der Waals surface area contributed by atoms with Crippen LogP contribution in [0.2, 0.25) is 0 Å². The molecule has 0 spiro atoms. The third kappa shape index (κ3) is 4.09. The summed E-state index contributed by atoms with van der Waals surface area (Å²) in [6.45, 7) is 6.23. The van der Waals surface area contributed by atoms with Crippen LogP contribution in [0.3, 0.4) is 0 Å². The van der Waals surface area contributed by atoms with Crippen molar-refractivity contribution in [3.63, 3.8) is 0 Å². The highest BCUT2D eigenvalue weighted by Crippen LogP contribution is 2.28. The maximum atomic E-state index is 12.5. The van der Waals surface area contributed by atoms with Crippen LogP contribution in [-0.4, -0.2) is 42.2 Å². The van der Waals surface area contributed by atoms with Crippen LogP contribution in [0.25, 0.3) is 0 Å². The summed E-state index contributed by atoms with van der Waals surface area (Å²) in [7, 11) is 1.83. The van der Waals surface area contributed by atoms with E-state index >= 15 is 0 Å². The second kappa shape index (κ2) is 6.76. The Bertz CT molecular complexity index is 466. The van der Waals surface area contributed by atoms with Crippen LogP contribution in [0.4, 0.5) is 0 Å². The predicted molar refractivity (Wildman–Crippen MR) is 83.0 cm³/mol. The molecular weight excluding hydrogens is 320 g/mol. The van der Waals surface area contributed by atoms with E-state index in [2.05, 4.69) is 29.8 Å². The molecule has 1 amide bonds. The molecule has 1 heterocycles. The first kappa shape index (κ1) is 15.6. The Morgan fingerprint density at radius 2 is 2.25 bits per heavy atom. The fourth-order valence-corrected chi connectivity index (χ4v) is 2.51. The smallest absolute Gasteiger partial charge is 0.270 e. The van der Waals surface area contributed by atoms with E-state index in [9.17, 15) is 4.79 Å². The van der Waals surface area contributed by atoms with Gasteiger partial charge in [0.2, 0.25) is 0 Å². The van der Waals surface area contributed by atoms with Gasteiger partial charge in [-0.15, -0.1) is 0 Å². The fraction of sp³-hybridized carbons (Fsp3) is 0.667. The Balaban J connectivity index is 1.88. The molecule has 2 rings (SSSR count). The van der Waals surface area contributed by atoms with E-state index in [-0.39, 0.29) is 11.9 Å². The number of rotatable bonds is 7. The molecule has 0 radical (unpaired) electrons. The maximum Gasteiger partial charge on any atom is 0.270 e. The summed E-state index contributed by atoms with van der Waals surface area (Å²) in [5, 5.41) is 0. The van der Waals surface area contributed by atoms with Gasteiger partial charge in [-0.1, -0.05) is 0 Å². The molecule has 1 aromatic heterocycles. The summed E-state index contributed by atoms with van der Waals surface area (Å²) in [5.74, 6) is 0.810. The lowest BCUT2D eigenvalue weighted by Crippen LogP contribution is -2.32. The zero-order chi connectivity index (χ0) is 14.7. The van der Waals surface area contributed by atoms with Crippen molar-refractivity contribution in [2.45, 2.75) is 32.7 Å². The van der Waals surface area contributed by atoms with Gasteiger partial charge in [0.25, 0.3) is 5.91 Å². The van der Waals surface area contributed by atoms with Gasteiger partial charge >= 0.3 is 0 Å². The highest BCUT2D eigenvalue weighted by atomic mass is 79.9. The Morgan fingerprint density at radius 3 is 2.85 bits per heavy atom. The van der Waals surface area contributed by atoms with Crippen LogP contribution < -0.4 is 0 Å². The first-order chi connectivity index (χ1) is 9.49. The van der Waals surface area contributed by atoms with Crippen molar-refractivity contribution in [3.05, 3.63) is 22.4 Å². The molecule has 0 saturated heterocycles. The lowest BCUT2D eigenvalue weighted by Gasteiger charge is -2.19. The van der Waals surface area contributed by atoms with Crippen molar-refractivity contribution in [1.82, 2.24) is 9.47 Å². The van der Waals surface area contributed by atoms with Crippen LogP contribution in [0.1, 0.15) is 43.2 Å². The standard InChI is InChI=1S/C15H23BrN2O2/c1-11(2)18-9-13(16)8-14(18)15(19)17(3)6-7-20-10-12-4-5-12/h8-9,11-12H,4-7,10H2,1-3H3. The zero-order valence-corrected chi connectivity index (χ0v) is 14.0. The van der Waals surface area contributed by atoms with Gasteiger partial charge in [0, 0.05) is 36.9 Å². The van der Waals surface area contributed by atoms with Crippen molar-refractivity contribution >= 4 is 21.8 Å². The SMILES string of the molecule is CC(C)n1cc(Br)cc1C(=O)N(C)CCOCC1CC1. The molecule has 1 fully saturated rings.